The number of aromatic nitrogens is 1. The van der Waals surface area contributed by atoms with E-state index in [0.717, 1.165) is 24.1 Å². The van der Waals surface area contributed by atoms with Crippen molar-refractivity contribution in [2.75, 3.05) is 0 Å². The molecule has 0 aliphatic heterocycles. The van der Waals surface area contributed by atoms with Gasteiger partial charge in [0.15, 0.2) is 0 Å². The molecule has 0 atom stereocenters. The topological polar surface area (TPSA) is 79.4 Å². The summed E-state index contributed by atoms with van der Waals surface area (Å²) in [7, 11) is -3.88. The molecule has 0 spiro atoms. The Bertz CT molecular complexity index is 816. The first-order valence-corrected chi connectivity index (χ1v) is 9.24. The van der Waals surface area contributed by atoms with Gasteiger partial charge in [0.1, 0.15) is 0 Å². The standard InChI is InChI=1S/C17H19N3O3S/c1-13-5-9-16(10-6-13)24(22,23)19-17(21)20(15-7-8-15)12-14-4-2-3-11-18-14/h2-6,9-11,15H,7-8,12H2,1H3,(H,19,21). The fourth-order valence-electron chi connectivity index (χ4n) is 2.37. The number of aryl methyl sites for hydroxylation is 1. The van der Waals surface area contributed by atoms with Gasteiger partial charge in [-0.05, 0) is 44.0 Å². The molecule has 1 aromatic carbocycles. The lowest BCUT2D eigenvalue weighted by Crippen LogP contribution is -2.43. The highest BCUT2D eigenvalue weighted by atomic mass is 32.2. The predicted molar refractivity (Wildman–Crippen MR) is 89.7 cm³/mol. The van der Waals surface area contributed by atoms with Crippen LogP contribution in [0, 0.1) is 6.92 Å². The van der Waals surface area contributed by atoms with Crippen LogP contribution in [-0.2, 0) is 16.6 Å². The van der Waals surface area contributed by atoms with Gasteiger partial charge in [-0.2, -0.15) is 0 Å². The van der Waals surface area contributed by atoms with Crippen molar-refractivity contribution in [2.45, 2.75) is 37.2 Å². The zero-order chi connectivity index (χ0) is 17.2. The Morgan fingerprint density at radius 1 is 1.21 bits per heavy atom. The molecule has 0 radical (unpaired) electrons. The highest BCUT2D eigenvalue weighted by Gasteiger charge is 2.34. The van der Waals surface area contributed by atoms with Crippen LogP contribution in [0.25, 0.3) is 0 Å². The third kappa shape index (κ3) is 3.91. The molecule has 6 nitrogen and oxygen atoms in total. The van der Waals surface area contributed by atoms with E-state index in [4.69, 9.17) is 0 Å². The summed E-state index contributed by atoms with van der Waals surface area (Å²) >= 11 is 0. The molecule has 0 bridgehead atoms. The first kappa shape index (κ1) is 16.4. The van der Waals surface area contributed by atoms with E-state index in [0.29, 0.717) is 6.54 Å². The van der Waals surface area contributed by atoms with Gasteiger partial charge in [0, 0.05) is 12.2 Å². The summed E-state index contributed by atoms with van der Waals surface area (Å²) in [5, 5.41) is 0. The van der Waals surface area contributed by atoms with Gasteiger partial charge in [-0.3, -0.25) is 4.98 Å². The van der Waals surface area contributed by atoms with Gasteiger partial charge in [0.2, 0.25) is 0 Å². The van der Waals surface area contributed by atoms with Gasteiger partial charge < -0.3 is 4.90 Å². The summed E-state index contributed by atoms with van der Waals surface area (Å²) < 4.78 is 26.9. The molecule has 1 aliphatic rings. The number of benzene rings is 1. The van der Waals surface area contributed by atoms with Crippen molar-refractivity contribution in [3.63, 3.8) is 0 Å². The van der Waals surface area contributed by atoms with E-state index in [1.165, 1.54) is 17.0 Å². The minimum Gasteiger partial charge on any atom is -0.315 e. The lowest BCUT2D eigenvalue weighted by atomic mass is 10.2. The quantitative estimate of drug-likeness (QED) is 0.903. The maximum absolute atomic E-state index is 12.5. The monoisotopic (exact) mass is 345 g/mol. The largest absolute Gasteiger partial charge is 0.331 e. The van der Waals surface area contributed by atoms with Crippen molar-refractivity contribution in [1.82, 2.24) is 14.6 Å². The maximum Gasteiger partial charge on any atom is 0.331 e. The second-order valence-electron chi connectivity index (χ2n) is 5.90. The molecular formula is C17H19N3O3S. The van der Waals surface area contributed by atoms with Gasteiger partial charge in [-0.15, -0.1) is 0 Å². The molecule has 1 heterocycles. The van der Waals surface area contributed by atoms with Crippen LogP contribution in [0.5, 0.6) is 0 Å². The van der Waals surface area contributed by atoms with Crippen LogP contribution < -0.4 is 4.72 Å². The van der Waals surface area contributed by atoms with E-state index in [9.17, 15) is 13.2 Å². The van der Waals surface area contributed by atoms with E-state index in [-0.39, 0.29) is 10.9 Å². The summed E-state index contributed by atoms with van der Waals surface area (Å²) in [6, 6.07) is 11.3. The fraction of sp³-hybridized carbons (Fsp3) is 0.294. The smallest absolute Gasteiger partial charge is 0.315 e. The van der Waals surface area contributed by atoms with Gasteiger partial charge in [-0.25, -0.2) is 17.9 Å². The first-order chi connectivity index (χ1) is 11.5. The Morgan fingerprint density at radius 3 is 2.50 bits per heavy atom. The van der Waals surface area contributed by atoms with Gasteiger partial charge in [0.05, 0.1) is 17.1 Å². The van der Waals surface area contributed by atoms with Gasteiger partial charge in [-0.1, -0.05) is 23.8 Å². The molecule has 24 heavy (non-hydrogen) atoms. The number of urea groups is 1. The lowest BCUT2D eigenvalue weighted by Gasteiger charge is -2.22. The minimum absolute atomic E-state index is 0.0697. The lowest BCUT2D eigenvalue weighted by molar-refractivity contribution is 0.197. The molecule has 1 aliphatic carbocycles. The SMILES string of the molecule is Cc1ccc(S(=O)(=O)NC(=O)N(Cc2ccccn2)C2CC2)cc1. The van der Waals surface area contributed by atoms with Gasteiger partial charge >= 0.3 is 6.03 Å². The third-order valence-corrected chi connectivity index (χ3v) is 5.20. The van der Waals surface area contributed by atoms with Crippen LogP contribution in [0.2, 0.25) is 0 Å². The molecule has 1 N–H and O–H groups in total. The Morgan fingerprint density at radius 2 is 1.92 bits per heavy atom. The van der Waals surface area contributed by atoms with Crippen LogP contribution in [0.1, 0.15) is 24.1 Å². The highest BCUT2D eigenvalue weighted by Crippen LogP contribution is 2.28. The predicted octanol–water partition coefficient (Wildman–Crippen LogP) is 2.45. The summed E-state index contributed by atoms with van der Waals surface area (Å²) in [6.45, 7) is 2.16. The third-order valence-electron chi connectivity index (χ3n) is 3.86. The van der Waals surface area contributed by atoms with Crippen molar-refractivity contribution in [1.29, 1.82) is 0 Å². The van der Waals surface area contributed by atoms with E-state index in [1.54, 1.807) is 24.4 Å². The molecule has 1 aromatic heterocycles. The molecule has 7 heteroatoms. The number of hydrogen-bond acceptors (Lipinski definition) is 4. The zero-order valence-corrected chi connectivity index (χ0v) is 14.2. The van der Waals surface area contributed by atoms with Crippen LogP contribution in [0.15, 0.2) is 53.6 Å². The van der Waals surface area contributed by atoms with Crippen molar-refractivity contribution in [2.24, 2.45) is 0 Å². The maximum atomic E-state index is 12.5. The van der Waals surface area contributed by atoms with Crippen molar-refractivity contribution < 1.29 is 13.2 Å². The summed E-state index contributed by atoms with van der Waals surface area (Å²) in [6.07, 6.45) is 3.41. The van der Waals surface area contributed by atoms with Gasteiger partial charge in [0.25, 0.3) is 10.0 Å². The summed E-state index contributed by atoms with van der Waals surface area (Å²) in [5.74, 6) is 0. The molecule has 126 valence electrons. The highest BCUT2D eigenvalue weighted by molar-refractivity contribution is 7.90. The first-order valence-electron chi connectivity index (χ1n) is 7.76. The van der Waals surface area contributed by atoms with E-state index >= 15 is 0 Å². The van der Waals surface area contributed by atoms with E-state index in [2.05, 4.69) is 9.71 Å². The Kier molecular flexibility index (Phi) is 4.53. The van der Waals surface area contributed by atoms with Crippen molar-refractivity contribution in [3.8, 4) is 0 Å². The normalized spacial score (nSPS) is 14.2. The number of hydrogen-bond donors (Lipinski definition) is 1. The number of nitrogens with zero attached hydrogens (tertiary/aromatic N) is 2. The molecular weight excluding hydrogens is 326 g/mol. The molecule has 1 fully saturated rings. The number of sulfonamides is 1. The molecule has 1 saturated carbocycles. The number of pyridine rings is 1. The number of amides is 2. The van der Waals surface area contributed by atoms with Crippen LogP contribution in [-0.4, -0.2) is 30.4 Å². The number of carbonyl (C=O) groups is 1. The summed E-state index contributed by atoms with van der Waals surface area (Å²) in [5.41, 5.74) is 1.68. The Labute approximate surface area is 141 Å². The number of nitrogens with one attached hydrogen (secondary N) is 1. The fourth-order valence-corrected chi connectivity index (χ4v) is 3.33. The second-order valence-corrected chi connectivity index (χ2v) is 7.59. The Balaban J connectivity index is 1.75. The minimum atomic E-state index is -3.88. The summed E-state index contributed by atoms with van der Waals surface area (Å²) in [4.78, 5) is 18.3. The molecule has 3 rings (SSSR count). The van der Waals surface area contributed by atoms with Crippen LogP contribution in [0.4, 0.5) is 4.79 Å². The zero-order valence-electron chi connectivity index (χ0n) is 13.3. The van der Waals surface area contributed by atoms with Crippen molar-refractivity contribution in [3.05, 3.63) is 59.9 Å². The van der Waals surface area contributed by atoms with E-state index < -0.39 is 16.1 Å². The number of rotatable bonds is 5. The molecule has 2 amide bonds. The average molecular weight is 345 g/mol. The number of carbonyl (C=O) groups excluding carboxylic acids is 1. The average Bonchev–Trinajstić information content (AvgIpc) is 3.38. The van der Waals surface area contributed by atoms with Crippen LogP contribution >= 0.6 is 0 Å². The Hall–Kier alpha value is -2.41. The van der Waals surface area contributed by atoms with Crippen molar-refractivity contribution >= 4 is 16.1 Å². The molecule has 0 saturated heterocycles. The van der Waals surface area contributed by atoms with E-state index in [1.807, 2.05) is 19.1 Å². The molecule has 2 aromatic rings. The second kappa shape index (κ2) is 6.60. The molecule has 0 unspecified atom stereocenters. The van der Waals surface area contributed by atoms with Crippen LogP contribution in [0.3, 0.4) is 0 Å².